The number of rotatable bonds is 5. The van der Waals surface area contributed by atoms with E-state index in [1.807, 2.05) is 41.6 Å². The molecule has 1 fully saturated rings. The first-order valence-electron chi connectivity index (χ1n) is 7.48. The Kier molecular flexibility index (Phi) is 2.94. The van der Waals surface area contributed by atoms with E-state index >= 15 is 0 Å². The fourth-order valence-electron chi connectivity index (χ4n) is 2.75. The predicted octanol–water partition coefficient (Wildman–Crippen LogP) is 1.87. The van der Waals surface area contributed by atoms with Gasteiger partial charge in [0.2, 0.25) is 0 Å². The van der Waals surface area contributed by atoms with Crippen molar-refractivity contribution in [2.75, 3.05) is 13.7 Å². The van der Waals surface area contributed by atoms with Gasteiger partial charge in [-0.15, -0.1) is 0 Å². The van der Waals surface area contributed by atoms with Gasteiger partial charge in [-0.1, -0.05) is 0 Å². The highest BCUT2D eigenvalue weighted by Crippen LogP contribution is 2.37. The molecule has 1 N–H and O–H groups in total. The van der Waals surface area contributed by atoms with Crippen molar-refractivity contribution in [1.82, 2.24) is 24.7 Å². The molecule has 0 aromatic carbocycles. The van der Waals surface area contributed by atoms with Gasteiger partial charge < -0.3 is 10.1 Å². The third-order valence-corrected chi connectivity index (χ3v) is 4.47. The van der Waals surface area contributed by atoms with Gasteiger partial charge in [0.05, 0.1) is 17.3 Å². The molecular formula is C16H19N5O. The van der Waals surface area contributed by atoms with Crippen molar-refractivity contribution in [1.29, 1.82) is 0 Å². The number of fused-ring (bicyclic) bond motifs is 1. The number of hydrogen-bond acceptors (Lipinski definition) is 4. The largest absolute Gasteiger partial charge is 0.488 e. The molecule has 4 rings (SSSR count). The Bertz CT molecular complexity index is 815. The highest BCUT2D eigenvalue weighted by atomic mass is 16.5. The summed E-state index contributed by atoms with van der Waals surface area (Å²) in [5.41, 5.74) is 3.29. The van der Waals surface area contributed by atoms with Crippen molar-refractivity contribution in [2.24, 2.45) is 7.05 Å². The summed E-state index contributed by atoms with van der Waals surface area (Å²) in [4.78, 5) is 0. The Morgan fingerprint density at radius 2 is 2.18 bits per heavy atom. The zero-order valence-corrected chi connectivity index (χ0v) is 12.8. The van der Waals surface area contributed by atoms with E-state index in [1.54, 1.807) is 12.4 Å². The summed E-state index contributed by atoms with van der Waals surface area (Å²) in [5.74, 6) is 0.827. The van der Waals surface area contributed by atoms with Crippen LogP contribution in [0.3, 0.4) is 0 Å². The number of aryl methyl sites for hydroxylation is 1. The molecule has 22 heavy (non-hydrogen) atoms. The fraction of sp³-hybridized carbons (Fsp3) is 0.375. The van der Waals surface area contributed by atoms with Crippen molar-refractivity contribution in [3.05, 3.63) is 36.8 Å². The van der Waals surface area contributed by atoms with E-state index in [0.717, 1.165) is 22.5 Å². The summed E-state index contributed by atoms with van der Waals surface area (Å²) in [6, 6.07) is 6.12. The van der Waals surface area contributed by atoms with Gasteiger partial charge in [0.1, 0.15) is 12.3 Å². The normalized spacial score (nSPS) is 16.1. The molecular weight excluding hydrogens is 278 g/mol. The minimum absolute atomic E-state index is 0.155. The monoisotopic (exact) mass is 297 g/mol. The molecule has 1 aliphatic rings. The van der Waals surface area contributed by atoms with Crippen LogP contribution in [-0.2, 0) is 7.05 Å². The maximum Gasteiger partial charge on any atom is 0.165 e. The van der Waals surface area contributed by atoms with Crippen molar-refractivity contribution in [3.63, 3.8) is 0 Å². The third-order valence-electron chi connectivity index (χ3n) is 4.47. The van der Waals surface area contributed by atoms with Gasteiger partial charge in [-0.3, -0.25) is 4.68 Å². The van der Waals surface area contributed by atoms with Crippen LogP contribution in [0.4, 0.5) is 0 Å². The lowest BCUT2D eigenvalue weighted by molar-refractivity contribution is 0.260. The topological polar surface area (TPSA) is 56.4 Å². The summed E-state index contributed by atoms with van der Waals surface area (Å²) in [7, 11) is 3.93. The molecule has 0 radical (unpaired) electrons. The summed E-state index contributed by atoms with van der Waals surface area (Å²) in [5, 5.41) is 11.9. The van der Waals surface area contributed by atoms with Crippen LogP contribution in [0.15, 0.2) is 36.8 Å². The smallest absolute Gasteiger partial charge is 0.165 e. The molecule has 114 valence electrons. The highest BCUT2D eigenvalue weighted by Gasteiger charge is 2.42. The van der Waals surface area contributed by atoms with Crippen LogP contribution in [0.1, 0.15) is 12.8 Å². The second-order valence-electron chi connectivity index (χ2n) is 5.92. The van der Waals surface area contributed by atoms with Gasteiger partial charge in [0, 0.05) is 25.0 Å². The van der Waals surface area contributed by atoms with E-state index in [-0.39, 0.29) is 5.54 Å². The molecule has 0 unspecified atom stereocenters. The van der Waals surface area contributed by atoms with Crippen LogP contribution in [0.5, 0.6) is 5.75 Å². The Labute approximate surface area is 128 Å². The number of nitrogens with one attached hydrogen (secondary N) is 1. The van der Waals surface area contributed by atoms with E-state index in [9.17, 15) is 0 Å². The van der Waals surface area contributed by atoms with Gasteiger partial charge in [-0.25, -0.2) is 4.52 Å². The van der Waals surface area contributed by atoms with Crippen molar-refractivity contribution >= 4 is 5.52 Å². The lowest BCUT2D eigenvalue weighted by atomic mass is 10.1. The van der Waals surface area contributed by atoms with Crippen molar-refractivity contribution < 1.29 is 4.74 Å². The van der Waals surface area contributed by atoms with Crippen LogP contribution < -0.4 is 10.1 Å². The Hall–Kier alpha value is -2.34. The van der Waals surface area contributed by atoms with Crippen LogP contribution in [-0.4, -0.2) is 38.6 Å². The molecule has 0 saturated heterocycles. The molecule has 1 aliphatic carbocycles. The molecule has 0 bridgehead atoms. The van der Waals surface area contributed by atoms with E-state index in [1.165, 1.54) is 12.8 Å². The highest BCUT2D eigenvalue weighted by molar-refractivity contribution is 5.70. The first-order valence-corrected chi connectivity index (χ1v) is 7.48. The summed E-state index contributed by atoms with van der Waals surface area (Å²) in [6.45, 7) is 0.678. The quantitative estimate of drug-likeness (QED) is 0.781. The average molecular weight is 297 g/mol. The number of aromatic nitrogens is 4. The maximum absolute atomic E-state index is 6.06. The van der Waals surface area contributed by atoms with E-state index in [0.29, 0.717) is 6.61 Å². The number of hydrogen-bond donors (Lipinski definition) is 1. The summed E-state index contributed by atoms with van der Waals surface area (Å²) in [6.07, 6.45) is 7.88. The first kappa shape index (κ1) is 13.3. The first-order chi connectivity index (χ1) is 10.7. The molecule has 6 nitrogen and oxygen atoms in total. The number of likely N-dealkylation sites (N-methyl/N-ethyl adjacent to an activating group) is 1. The molecule has 1 saturated carbocycles. The zero-order valence-electron chi connectivity index (χ0n) is 12.8. The van der Waals surface area contributed by atoms with Crippen molar-refractivity contribution in [3.8, 4) is 17.0 Å². The standard InChI is InChI=1S/C16H19N5O/c1-17-16(5-6-16)11-22-14-10-19-20(2)15(14)12-4-8-21-13(9-12)3-7-18-21/h3-4,7-10,17H,5-6,11H2,1-2H3. The van der Waals surface area contributed by atoms with Gasteiger partial charge in [-0.2, -0.15) is 10.2 Å². The minimum Gasteiger partial charge on any atom is -0.488 e. The molecule has 3 heterocycles. The lowest BCUT2D eigenvalue weighted by Gasteiger charge is -2.15. The van der Waals surface area contributed by atoms with E-state index in [2.05, 4.69) is 21.6 Å². The minimum atomic E-state index is 0.155. The maximum atomic E-state index is 6.06. The second-order valence-corrected chi connectivity index (χ2v) is 5.92. The predicted molar refractivity (Wildman–Crippen MR) is 83.9 cm³/mol. The number of pyridine rings is 1. The molecule has 0 aliphatic heterocycles. The van der Waals surface area contributed by atoms with E-state index < -0.39 is 0 Å². The van der Waals surface area contributed by atoms with Crippen LogP contribution in [0.25, 0.3) is 16.8 Å². The molecule has 0 atom stereocenters. The lowest BCUT2D eigenvalue weighted by Crippen LogP contribution is -2.33. The number of nitrogens with zero attached hydrogens (tertiary/aromatic N) is 4. The van der Waals surface area contributed by atoms with E-state index in [4.69, 9.17) is 4.74 Å². The Morgan fingerprint density at radius 3 is 2.95 bits per heavy atom. The fourth-order valence-corrected chi connectivity index (χ4v) is 2.75. The van der Waals surface area contributed by atoms with Crippen molar-refractivity contribution in [2.45, 2.75) is 18.4 Å². The van der Waals surface area contributed by atoms with Gasteiger partial charge in [0.15, 0.2) is 5.75 Å². The number of ether oxygens (including phenoxy) is 1. The molecule has 3 aromatic heterocycles. The third kappa shape index (κ3) is 2.16. The van der Waals surface area contributed by atoms with Gasteiger partial charge in [-0.05, 0) is 38.1 Å². The Balaban J connectivity index is 1.67. The Morgan fingerprint density at radius 1 is 1.32 bits per heavy atom. The van der Waals surface area contributed by atoms with Crippen LogP contribution >= 0.6 is 0 Å². The van der Waals surface area contributed by atoms with Crippen LogP contribution in [0, 0.1) is 0 Å². The van der Waals surface area contributed by atoms with Gasteiger partial charge >= 0.3 is 0 Å². The summed E-state index contributed by atoms with van der Waals surface area (Å²) >= 11 is 0. The second kappa shape index (κ2) is 4.84. The molecule has 3 aromatic rings. The molecule has 0 spiro atoms. The van der Waals surface area contributed by atoms with Gasteiger partial charge in [0.25, 0.3) is 0 Å². The summed E-state index contributed by atoms with van der Waals surface area (Å²) < 4.78 is 9.76. The molecule has 6 heteroatoms. The SMILES string of the molecule is CNC1(COc2cnn(C)c2-c2ccn3nccc3c2)CC1. The average Bonchev–Trinajstić information content (AvgIpc) is 3.00. The molecule has 0 amide bonds. The zero-order chi connectivity index (χ0) is 15.2. The van der Waals surface area contributed by atoms with Crippen LogP contribution in [0.2, 0.25) is 0 Å².